The summed E-state index contributed by atoms with van der Waals surface area (Å²) in [6.07, 6.45) is 2.46. The maximum absolute atomic E-state index is 10.5. The first-order chi connectivity index (χ1) is 6.92. The molecule has 1 rings (SSSR count). The molecule has 0 atom stereocenters. The SMILES string of the molecule is Cn1cc(OCC[Si](C)(C)C)nc1C=O. The van der Waals surface area contributed by atoms with E-state index in [4.69, 9.17) is 4.74 Å². The van der Waals surface area contributed by atoms with Crippen LogP contribution in [0, 0.1) is 0 Å². The molecule has 0 aliphatic carbocycles. The Kier molecular flexibility index (Phi) is 3.68. The lowest BCUT2D eigenvalue weighted by molar-refractivity contribution is 0.111. The largest absolute Gasteiger partial charge is 0.477 e. The minimum Gasteiger partial charge on any atom is -0.477 e. The lowest BCUT2D eigenvalue weighted by atomic mass is 10.7. The van der Waals surface area contributed by atoms with Crippen LogP contribution in [0.3, 0.4) is 0 Å². The number of carbonyl (C=O) groups is 1. The predicted molar refractivity (Wildman–Crippen MR) is 62.2 cm³/mol. The second kappa shape index (κ2) is 4.61. The van der Waals surface area contributed by atoms with Crippen LogP contribution in [-0.2, 0) is 7.05 Å². The highest BCUT2D eigenvalue weighted by Gasteiger charge is 2.13. The Morgan fingerprint density at radius 3 is 2.67 bits per heavy atom. The molecule has 1 heterocycles. The molecule has 0 unspecified atom stereocenters. The van der Waals surface area contributed by atoms with Gasteiger partial charge in [-0.05, 0) is 6.04 Å². The van der Waals surface area contributed by atoms with Crippen molar-refractivity contribution in [2.75, 3.05) is 6.61 Å². The van der Waals surface area contributed by atoms with Crippen molar-refractivity contribution in [3.63, 3.8) is 0 Å². The first kappa shape index (κ1) is 12.0. The molecule has 0 aliphatic heterocycles. The van der Waals surface area contributed by atoms with Gasteiger partial charge in [-0.25, -0.2) is 0 Å². The molecule has 0 amide bonds. The van der Waals surface area contributed by atoms with Gasteiger partial charge in [0.2, 0.25) is 5.88 Å². The highest BCUT2D eigenvalue weighted by molar-refractivity contribution is 6.76. The Bertz CT molecular complexity index is 342. The fourth-order valence-electron chi connectivity index (χ4n) is 1.09. The zero-order valence-corrected chi connectivity index (χ0v) is 10.8. The molecule has 0 saturated heterocycles. The first-order valence-corrected chi connectivity index (χ1v) is 8.74. The van der Waals surface area contributed by atoms with Crippen LogP contribution in [0.1, 0.15) is 10.6 Å². The summed E-state index contributed by atoms with van der Waals surface area (Å²) >= 11 is 0. The molecule has 0 aromatic carbocycles. The monoisotopic (exact) mass is 226 g/mol. The summed E-state index contributed by atoms with van der Waals surface area (Å²) < 4.78 is 7.15. The molecule has 1 aromatic heterocycles. The number of imidazole rings is 1. The van der Waals surface area contributed by atoms with Gasteiger partial charge in [-0.2, -0.15) is 4.98 Å². The van der Waals surface area contributed by atoms with Crippen molar-refractivity contribution in [3.8, 4) is 5.88 Å². The minimum atomic E-state index is -1.06. The smallest absolute Gasteiger partial charge is 0.232 e. The summed E-state index contributed by atoms with van der Waals surface area (Å²) in [4.78, 5) is 14.6. The number of ether oxygens (including phenoxy) is 1. The van der Waals surface area contributed by atoms with Crippen molar-refractivity contribution < 1.29 is 9.53 Å². The van der Waals surface area contributed by atoms with Crippen LogP contribution in [0.4, 0.5) is 0 Å². The standard InChI is InChI=1S/C10H18N2O2Si/c1-12-7-10(11-9(12)8-13)14-5-6-15(2,3)4/h7-8H,5-6H2,1-4H3. The van der Waals surface area contributed by atoms with E-state index in [1.54, 1.807) is 17.8 Å². The summed E-state index contributed by atoms with van der Waals surface area (Å²) in [5, 5.41) is 0. The average Bonchev–Trinajstić information content (AvgIpc) is 2.44. The summed E-state index contributed by atoms with van der Waals surface area (Å²) in [5.41, 5.74) is 0. The van der Waals surface area contributed by atoms with Gasteiger partial charge in [-0.3, -0.25) is 4.79 Å². The number of rotatable bonds is 5. The van der Waals surface area contributed by atoms with Crippen LogP contribution in [-0.4, -0.2) is 30.5 Å². The molecule has 0 saturated carbocycles. The summed E-state index contributed by atoms with van der Waals surface area (Å²) in [5.74, 6) is 0.941. The molecule has 0 radical (unpaired) electrons. The molecule has 1 aromatic rings. The maximum Gasteiger partial charge on any atom is 0.232 e. The topological polar surface area (TPSA) is 44.1 Å². The lowest BCUT2D eigenvalue weighted by Crippen LogP contribution is -2.22. The predicted octanol–water partition coefficient (Wildman–Crippen LogP) is 1.95. The molecular formula is C10H18N2O2Si. The fourth-order valence-corrected chi connectivity index (χ4v) is 1.81. The number of aldehydes is 1. The fraction of sp³-hybridized carbons (Fsp3) is 0.600. The van der Waals surface area contributed by atoms with Crippen molar-refractivity contribution in [1.29, 1.82) is 0 Å². The molecule has 5 heteroatoms. The van der Waals surface area contributed by atoms with Gasteiger partial charge in [0, 0.05) is 15.1 Å². The Hall–Kier alpha value is -1.10. The number of hydrogen-bond acceptors (Lipinski definition) is 3. The zero-order chi connectivity index (χ0) is 11.5. The maximum atomic E-state index is 10.5. The van der Waals surface area contributed by atoms with Crippen LogP contribution >= 0.6 is 0 Å². The van der Waals surface area contributed by atoms with Crippen molar-refractivity contribution in [2.24, 2.45) is 7.05 Å². The van der Waals surface area contributed by atoms with E-state index in [1.165, 1.54) is 0 Å². The number of carbonyl (C=O) groups excluding carboxylic acids is 1. The molecular weight excluding hydrogens is 208 g/mol. The van der Waals surface area contributed by atoms with Crippen LogP contribution in [0.25, 0.3) is 0 Å². The van der Waals surface area contributed by atoms with E-state index in [0.717, 1.165) is 12.3 Å². The molecule has 0 aliphatic rings. The molecule has 0 fully saturated rings. The van der Waals surface area contributed by atoms with Crippen molar-refractivity contribution in [3.05, 3.63) is 12.0 Å². The van der Waals surface area contributed by atoms with Crippen LogP contribution in [0.15, 0.2) is 6.20 Å². The van der Waals surface area contributed by atoms with Crippen molar-refractivity contribution >= 4 is 14.4 Å². The lowest BCUT2D eigenvalue weighted by Gasteiger charge is -2.14. The first-order valence-electron chi connectivity index (χ1n) is 5.04. The average molecular weight is 226 g/mol. The third-order valence-corrected chi connectivity index (χ3v) is 3.80. The van der Waals surface area contributed by atoms with Gasteiger partial charge in [0.25, 0.3) is 0 Å². The highest BCUT2D eigenvalue weighted by Crippen LogP contribution is 2.12. The second-order valence-corrected chi connectivity index (χ2v) is 10.4. The van der Waals surface area contributed by atoms with Gasteiger partial charge in [-0.15, -0.1) is 0 Å². The molecule has 4 nitrogen and oxygen atoms in total. The number of hydrogen-bond donors (Lipinski definition) is 0. The molecule has 84 valence electrons. The van der Waals surface area contributed by atoms with Gasteiger partial charge >= 0.3 is 0 Å². The van der Waals surface area contributed by atoms with E-state index >= 15 is 0 Å². The zero-order valence-electron chi connectivity index (χ0n) is 9.78. The van der Waals surface area contributed by atoms with Gasteiger partial charge in [0.15, 0.2) is 12.1 Å². The molecule has 0 N–H and O–H groups in total. The Morgan fingerprint density at radius 2 is 2.20 bits per heavy atom. The quantitative estimate of drug-likeness (QED) is 0.569. The van der Waals surface area contributed by atoms with Crippen molar-refractivity contribution in [2.45, 2.75) is 25.7 Å². The Balaban J connectivity index is 2.48. The third-order valence-electron chi connectivity index (χ3n) is 2.10. The van der Waals surface area contributed by atoms with Crippen molar-refractivity contribution in [1.82, 2.24) is 9.55 Å². The van der Waals surface area contributed by atoms with Crippen LogP contribution in [0.5, 0.6) is 5.88 Å². The Labute approximate surface area is 91.3 Å². The molecule has 0 spiro atoms. The summed E-state index contributed by atoms with van der Waals surface area (Å²) in [6.45, 7) is 7.58. The summed E-state index contributed by atoms with van der Waals surface area (Å²) in [6, 6.07) is 1.10. The van der Waals surface area contributed by atoms with Gasteiger partial charge in [-0.1, -0.05) is 19.6 Å². The molecule has 0 bridgehead atoms. The van der Waals surface area contributed by atoms with Crippen LogP contribution < -0.4 is 4.74 Å². The second-order valence-electron chi connectivity index (χ2n) is 4.83. The number of nitrogens with zero attached hydrogens (tertiary/aromatic N) is 2. The third kappa shape index (κ3) is 3.87. The molecule has 15 heavy (non-hydrogen) atoms. The summed E-state index contributed by atoms with van der Waals surface area (Å²) in [7, 11) is 0.725. The van der Waals surface area contributed by atoms with E-state index in [0.29, 0.717) is 18.3 Å². The van der Waals surface area contributed by atoms with E-state index in [-0.39, 0.29) is 0 Å². The highest BCUT2D eigenvalue weighted by atomic mass is 28.3. The van der Waals surface area contributed by atoms with Crippen LogP contribution in [0.2, 0.25) is 25.7 Å². The Morgan fingerprint density at radius 1 is 1.53 bits per heavy atom. The normalized spacial score (nSPS) is 11.5. The number of aryl methyl sites for hydroxylation is 1. The van der Waals surface area contributed by atoms with Gasteiger partial charge in [0.1, 0.15) is 0 Å². The van der Waals surface area contributed by atoms with E-state index in [1.807, 2.05) is 0 Å². The van der Waals surface area contributed by atoms with E-state index in [2.05, 4.69) is 24.6 Å². The minimum absolute atomic E-state index is 0.401. The van der Waals surface area contributed by atoms with Gasteiger partial charge in [0.05, 0.1) is 12.8 Å². The van der Waals surface area contributed by atoms with E-state index in [9.17, 15) is 4.79 Å². The van der Waals surface area contributed by atoms with E-state index < -0.39 is 8.07 Å². The van der Waals surface area contributed by atoms with Gasteiger partial charge < -0.3 is 9.30 Å². The number of aromatic nitrogens is 2.